The Bertz CT molecular complexity index is 741. The number of hydrogen-bond acceptors (Lipinski definition) is 5. The molecule has 0 aliphatic rings. The Morgan fingerprint density at radius 2 is 1.65 bits per heavy atom. The highest BCUT2D eigenvalue weighted by Crippen LogP contribution is 2.14. The molecule has 1 heterocycles. The molecule has 0 aliphatic carbocycles. The fourth-order valence-electron chi connectivity index (χ4n) is 2.59. The van der Waals surface area contributed by atoms with E-state index in [1.165, 1.54) is 4.80 Å². The van der Waals surface area contributed by atoms with Gasteiger partial charge >= 0.3 is 0 Å². The number of amides is 2. The minimum Gasteiger partial charge on any atom is -0.366 e. The number of benzene rings is 1. The van der Waals surface area contributed by atoms with Crippen LogP contribution in [0.15, 0.2) is 24.3 Å². The molecule has 2 N–H and O–H groups in total. The number of tetrazole rings is 1. The summed E-state index contributed by atoms with van der Waals surface area (Å²) in [5, 5.41) is 12.2. The third-order valence-corrected chi connectivity index (χ3v) is 3.68. The molecule has 26 heavy (non-hydrogen) atoms. The second kappa shape index (κ2) is 8.55. The monoisotopic (exact) mass is 358 g/mol. The minimum absolute atomic E-state index is 0.0274. The Balaban J connectivity index is 2.08. The number of carbonyl (C=O) groups is 2. The molecule has 1 aromatic heterocycles. The molecule has 0 unspecified atom stereocenters. The lowest BCUT2D eigenvalue weighted by Crippen LogP contribution is -2.39. The number of hydrogen-bond donors (Lipinski definition) is 1. The average Bonchev–Trinajstić information content (AvgIpc) is 3.02. The molecule has 0 atom stereocenters. The molecular weight excluding hydrogens is 332 g/mol. The van der Waals surface area contributed by atoms with E-state index in [-0.39, 0.29) is 12.5 Å². The molecule has 0 aliphatic heterocycles. The van der Waals surface area contributed by atoms with Gasteiger partial charge in [0.15, 0.2) is 0 Å². The summed E-state index contributed by atoms with van der Waals surface area (Å²) in [6.45, 7) is 9.79. The Morgan fingerprint density at radius 3 is 2.15 bits per heavy atom. The van der Waals surface area contributed by atoms with E-state index >= 15 is 0 Å². The minimum atomic E-state index is -0.492. The van der Waals surface area contributed by atoms with Gasteiger partial charge in [-0.3, -0.25) is 9.59 Å². The van der Waals surface area contributed by atoms with Gasteiger partial charge in [0.25, 0.3) is 0 Å². The van der Waals surface area contributed by atoms with E-state index in [1.54, 1.807) is 24.3 Å². The van der Waals surface area contributed by atoms with Crippen LogP contribution in [0.25, 0.3) is 11.4 Å². The number of primary amides is 1. The first-order valence-corrected chi connectivity index (χ1v) is 8.72. The van der Waals surface area contributed by atoms with E-state index in [2.05, 4.69) is 43.1 Å². The van der Waals surface area contributed by atoms with Crippen LogP contribution in [-0.4, -0.2) is 50.0 Å². The maximum Gasteiger partial charge on any atom is 0.248 e. The van der Waals surface area contributed by atoms with E-state index in [9.17, 15) is 9.59 Å². The summed E-state index contributed by atoms with van der Waals surface area (Å²) in [4.78, 5) is 26.9. The summed E-state index contributed by atoms with van der Waals surface area (Å²) in [5.41, 5.74) is 6.34. The van der Waals surface area contributed by atoms with Gasteiger partial charge in [0, 0.05) is 24.2 Å². The first-order valence-electron chi connectivity index (χ1n) is 8.72. The molecule has 0 spiro atoms. The van der Waals surface area contributed by atoms with E-state index in [0.717, 1.165) is 0 Å². The van der Waals surface area contributed by atoms with Gasteiger partial charge in [-0.05, 0) is 29.2 Å². The maximum absolute atomic E-state index is 12.6. The summed E-state index contributed by atoms with van der Waals surface area (Å²) in [6, 6.07) is 6.62. The van der Waals surface area contributed by atoms with Gasteiger partial charge in [-0.1, -0.05) is 39.8 Å². The van der Waals surface area contributed by atoms with E-state index < -0.39 is 5.91 Å². The normalized spacial score (nSPS) is 11.2. The Hall–Kier alpha value is -2.77. The van der Waals surface area contributed by atoms with Crippen LogP contribution in [0.4, 0.5) is 0 Å². The third-order valence-electron chi connectivity index (χ3n) is 3.68. The van der Waals surface area contributed by atoms with Gasteiger partial charge in [0.2, 0.25) is 17.6 Å². The summed E-state index contributed by atoms with van der Waals surface area (Å²) < 4.78 is 0. The topological polar surface area (TPSA) is 107 Å². The van der Waals surface area contributed by atoms with Crippen molar-refractivity contribution in [3.63, 3.8) is 0 Å². The quantitative estimate of drug-likeness (QED) is 0.771. The van der Waals surface area contributed by atoms with Crippen LogP contribution in [0.5, 0.6) is 0 Å². The van der Waals surface area contributed by atoms with Gasteiger partial charge in [0.05, 0.1) is 0 Å². The standard InChI is InChI=1S/C18H26N6O2/c1-12(2)9-23(10-13(3)4)16(25)11-24-21-18(20-22-24)15-7-5-14(6-8-15)17(19)26/h5-8,12-13H,9-11H2,1-4H3,(H2,19,26). The SMILES string of the molecule is CC(C)CN(CC(C)C)C(=O)Cn1nnc(-c2ccc(C(N)=O)cc2)n1. The van der Waals surface area contributed by atoms with Crippen LogP contribution in [0, 0.1) is 11.8 Å². The Kier molecular flexibility index (Phi) is 6.43. The molecular formula is C18H26N6O2. The van der Waals surface area contributed by atoms with Gasteiger partial charge < -0.3 is 10.6 Å². The summed E-state index contributed by atoms with van der Waals surface area (Å²) in [5.74, 6) is 0.657. The van der Waals surface area contributed by atoms with Crippen molar-refractivity contribution in [2.75, 3.05) is 13.1 Å². The first kappa shape index (κ1) is 19.6. The van der Waals surface area contributed by atoms with Crippen molar-refractivity contribution >= 4 is 11.8 Å². The summed E-state index contributed by atoms with van der Waals surface area (Å²) >= 11 is 0. The van der Waals surface area contributed by atoms with E-state index in [1.807, 2.05) is 4.90 Å². The van der Waals surface area contributed by atoms with Crippen LogP contribution in [-0.2, 0) is 11.3 Å². The average molecular weight is 358 g/mol. The predicted octanol–water partition coefficient (Wildman–Crippen LogP) is 1.58. The molecule has 0 fully saturated rings. The zero-order valence-electron chi connectivity index (χ0n) is 15.7. The molecule has 8 nitrogen and oxygen atoms in total. The van der Waals surface area contributed by atoms with Crippen molar-refractivity contribution in [1.29, 1.82) is 0 Å². The van der Waals surface area contributed by atoms with Gasteiger partial charge in [-0.25, -0.2) is 0 Å². The Morgan fingerprint density at radius 1 is 1.08 bits per heavy atom. The van der Waals surface area contributed by atoms with Crippen LogP contribution < -0.4 is 5.73 Å². The molecule has 0 bridgehead atoms. The van der Waals surface area contributed by atoms with Gasteiger partial charge in [-0.15, -0.1) is 10.2 Å². The molecule has 140 valence electrons. The first-order chi connectivity index (χ1) is 12.3. The van der Waals surface area contributed by atoms with Gasteiger partial charge in [-0.2, -0.15) is 4.80 Å². The molecule has 2 aromatic rings. The maximum atomic E-state index is 12.6. The lowest BCUT2D eigenvalue weighted by Gasteiger charge is -2.26. The molecule has 2 amide bonds. The predicted molar refractivity (Wildman–Crippen MR) is 98.0 cm³/mol. The Labute approximate surface area is 153 Å². The van der Waals surface area contributed by atoms with Crippen molar-refractivity contribution in [3.8, 4) is 11.4 Å². The fraction of sp³-hybridized carbons (Fsp3) is 0.500. The largest absolute Gasteiger partial charge is 0.366 e. The van der Waals surface area contributed by atoms with Crippen molar-refractivity contribution in [2.45, 2.75) is 34.2 Å². The lowest BCUT2D eigenvalue weighted by atomic mass is 10.1. The molecule has 8 heteroatoms. The number of nitrogens with two attached hydrogens (primary N) is 1. The molecule has 1 aromatic carbocycles. The third kappa shape index (κ3) is 5.37. The lowest BCUT2D eigenvalue weighted by molar-refractivity contribution is -0.133. The van der Waals surface area contributed by atoms with Crippen molar-refractivity contribution in [1.82, 2.24) is 25.1 Å². The van der Waals surface area contributed by atoms with Gasteiger partial charge in [0.1, 0.15) is 6.54 Å². The number of aromatic nitrogens is 4. The number of rotatable bonds is 8. The molecule has 2 rings (SSSR count). The van der Waals surface area contributed by atoms with Crippen LogP contribution in [0.3, 0.4) is 0 Å². The van der Waals surface area contributed by atoms with Crippen molar-refractivity contribution < 1.29 is 9.59 Å². The second-order valence-electron chi connectivity index (χ2n) is 7.17. The highest BCUT2D eigenvalue weighted by atomic mass is 16.2. The molecule has 0 radical (unpaired) electrons. The van der Waals surface area contributed by atoms with Crippen LogP contribution in [0.1, 0.15) is 38.1 Å². The molecule has 0 saturated heterocycles. The highest BCUT2D eigenvalue weighted by Gasteiger charge is 2.18. The van der Waals surface area contributed by atoms with Crippen molar-refractivity contribution in [3.05, 3.63) is 29.8 Å². The highest BCUT2D eigenvalue weighted by molar-refractivity contribution is 5.93. The zero-order chi connectivity index (χ0) is 19.3. The zero-order valence-corrected chi connectivity index (χ0v) is 15.7. The number of carbonyl (C=O) groups excluding carboxylic acids is 2. The number of nitrogens with zero attached hydrogens (tertiary/aromatic N) is 5. The smallest absolute Gasteiger partial charge is 0.248 e. The van der Waals surface area contributed by atoms with Crippen molar-refractivity contribution in [2.24, 2.45) is 17.6 Å². The van der Waals surface area contributed by atoms with Crippen LogP contribution >= 0.6 is 0 Å². The molecule has 0 saturated carbocycles. The summed E-state index contributed by atoms with van der Waals surface area (Å²) in [6.07, 6.45) is 0. The van der Waals surface area contributed by atoms with E-state index in [0.29, 0.717) is 41.9 Å². The summed E-state index contributed by atoms with van der Waals surface area (Å²) in [7, 11) is 0. The van der Waals surface area contributed by atoms with Crippen LogP contribution in [0.2, 0.25) is 0 Å². The fourth-order valence-corrected chi connectivity index (χ4v) is 2.59. The second-order valence-corrected chi connectivity index (χ2v) is 7.17. The van der Waals surface area contributed by atoms with E-state index in [4.69, 9.17) is 5.73 Å².